The van der Waals surface area contributed by atoms with Gasteiger partial charge in [0, 0.05) is 51.0 Å². The predicted octanol–water partition coefficient (Wildman–Crippen LogP) is 1.74. The molecule has 0 spiro atoms. The number of rotatable bonds is 2. The van der Waals surface area contributed by atoms with E-state index in [0.29, 0.717) is 37.9 Å². The lowest BCUT2D eigenvalue weighted by Gasteiger charge is -2.35. The molecule has 1 aliphatic rings. The van der Waals surface area contributed by atoms with Crippen molar-refractivity contribution in [1.29, 1.82) is 5.26 Å². The third-order valence-corrected chi connectivity index (χ3v) is 4.27. The zero-order valence-electron chi connectivity index (χ0n) is 13.9. The van der Waals surface area contributed by atoms with Gasteiger partial charge in [-0.15, -0.1) is 0 Å². The highest BCUT2D eigenvalue weighted by atomic mass is 19.4. The molecule has 27 heavy (non-hydrogen) atoms. The third kappa shape index (κ3) is 3.21. The van der Waals surface area contributed by atoms with Gasteiger partial charge in [-0.2, -0.15) is 18.4 Å². The summed E-state index contributed by atoms with van der Waals surface area (Å²) in [6.07, 6.45) is 0.871. The quantitative estimate of drug-likeness (QED) is 0.675. The molecule has 0 radical (unpaired) electrons. The number of piperazine rings is 1. The van der Waals surface area contributed by atoms with Crippen molar-refractivity contribution in [2.75, 3.05) is 36.0 Å². The van der Waals surface area contributed by atoms with Gasteiger partial charge in [0.05, 0.1) is 0 Å². The second kappa shape index (κ2) is 6.39. The molecule has 0 bridgehead atoms. The lowest BCUT2D eigenvalue weighted by Crippen LogP contribution is -2.47. The molecule has 1 fully saturated rings. The Hall–Kier alpha value is -3.42. The molecule has 0 aliphatic carbocycles. The van der Waals surface area contributed by atoms with E-state index < -0.39 is 11.9 Å². The summed E-state index contributed by atoms with van der Waals surface area (Å²) in [5.74, 6) is 0.861. The van der Waals surface area contributed by atoms with Crippen LogP contribution in [-0.4, -0.2) is 50.5 Å². The van der Waals surface area contributed by atoms with Crippen molar-refractivity contribution in [3.63, 3.8) is 0 Å². The zero-order chi connectivity index (χ0) is 19.0. The molecule has 1 saturated heterocycles. The Morgan fingerprint density at radius 2 is 1.74 bits per heavy atom. The number of halogens is 3. The van der Waals surface area contributed by atoms with Crippen LogP contribution in [0.2, 0.25) is 0 Å². The van der Waals surface area contributed by atoms with E-state index in [1.54, 1.807) is 0 Å². The van der Waals surface area contributed by atoms with Crippen LogP contribution in [0.15, 0.2) is 30.9 Å². The van der Waals surface area contributed by atoms with Gasteiger partial charge in [-0.25, -0.2) is 19.9 Å². The Labute approximate surface area is 151 Å². The summed E-state index contributed by atoms with van der Waals surface area (Å²) in [5.41, 5.74) is -0.496. The van der Waals surface area contributed by atoms with Crippen molar-refractivity contribution in [1.82, 2.24) is 24.3 Å². The Morgan fingerprint density at radius 1 is 1.00 bits per heavy atom. The lowest BCUT2D eigenvalue weighted by atomic mass is 10.3. The SMILES string of the molecule is N#Cc1ccnc(N2CCN(c3nccn4cc(C(F)(F)F)nc34)CC2)n1. The Bertz CT molecular complexity index is 1010. The van der Waals surface area contributed by atoms with Crippen LogP contribution in [0.1, 0.15) is 11.4 Å². The number of nitriles is 1. The fourth-order valence-corrected chi connectivity index (χ4v) is 2.95. The van der Waals surface area contributed by atoms with Crippen molar-refractivity contribution in [2.24, 2.45) is 0 Å². The van der Waals surface area contributed by atoms with Crippen LogP contribution in [0.25, 0.3) is 5.65 Å². The minimum atomic E-state index is -4.51. The first-order chi connectivity index (χ1) is 13.0. The maximum Gasteiger partial charge on any atom is 0.434 e. The molecule has 0 unspecified atom stereocenters. The average molecular weight is 374 g/mol. The molecule has 0 aromatic carbocycles. The fraction of sp³-hybridized carbons (Fsp3) is 0.312. The molecular formula is C16H13F3N8. The minimum absolute atomic E-state index is 0.168. The van der Waals surface area contributed by atoms with E-state index in [-0.39, 0.29) is 11.3 Å². The molecule has 8 nitrogen and oxygen atoms in total. The highest BCUT2D eigenvalue weighted by Crippen LogP contribution is 2.30. The third-order valence-electron chi connectivity index (χ3n) is 4.27. The van der Waals surface area contributed by atoms with Gasteiger partial charge in [-0.3, -0.25) is 0 Å². The van der Waals surface area contributed by atoms with Crippen molar-refractivity contribution < 1.29 is 13.2 Å². The van der Waals surface area contributed by atoms with E-state index >= 15 is 0 Å². The van der Waals surface area contributed by atoms with Crippen LogP contribution in [0, 0.1) is 11.3 Å². The first-order valence-electron chi connectivity index (χ1n) is 8.09. The van der Waals surface area contributed by atoms with Crippen LogP contribution in [0.3, 0.4) is 0 Å². The van der Waals surface area contributed by atoms with E-state index in [2.05, 4.69) is 19.9 Å². The smallest absolute Gasteiger partial charge is 0.350 e. The molecule has 3 aromatic heterocycles. The topological polar surface area (TPSA) is 86.2 Å². The normalized spacial score (nSPS) is 15.2. The molecule has 138 valence electrons. The molecule has 1 aliphatic heterocycles. The molecule has 4 heterocycles. The Morgan fingerprint density at radius 3 is 2.44 bits per heavy atom. The molecule has 0 saturated carbocycles. The second-order valence-corrected chi connectivity index (χ2v) is 5.93. The maximum atomic E-state index is 12.9. The second-order valence-electron chi connectivity index (χ2n) is 5.93. The summed E-state index contributed by atoms with van der Waals surface area (Å²) in [6, 6.07) is 3.50. The van der Waals surface area contributed by atoms with E-state index in [1.165, 1.54) is 29.1 Å². The summed E-state index contributed by atoms with van der Waals surface area (Å²) in [4.78, 5) is 20.1. The van der Waals surface area contributed by atoms with Crippen LogP contribution in [0.5, 0.6) is 0 Å². The van der Waals surface area contributed by atoms with E-state index in [1.807, 2.05) is 15.9 Å². The molecule has 4 rings (SSSR count). The number of hydrogen-bond donors (Lipinski definition) is 0. The van der Waals surface area contributed by atoms with E-state index in [0.717, 1.165) is 6.20 Å². The van der Waals surface area contributed by atoms with Crippen LogP contribution in [0.4, 0.5) is 24.9 Å². The largest absolute Gasteiger partial charge is 0.434 e. The van der Waals surface area contributed by atoms with Crippen molar-refractivity contribution >= 4 is 17.4 Å². The van der Waals surface area contributed by atoms with Crippen LogP contribution < -0.4 is 9.80 Å². The Kier molecular flexibility index (Phi) is 4.02. The van der Waals surface area contributed by atoms with Crippen molar-refractivity contribution in [3.05, 3.63) is 42.2 Å². The monoisotopic (exact) mass is 374 g/mol. The summed E-state index contributed by atoms with van der Waals surface area (Å²) >= 11 is 0. The maximum absolute atomic E-state index is 12.9. The summed E-state index contributed by atoms with van der Waals surface area (Å²) in [6.45, 7) is 2.12. The zero-order valence-corrected chi connectivity index (χ0v) is 13.9. The number of anilines is 2. The number of aromatic nitrogens is 5. The van der Waals surface area contributed by atoms with Gasteiger partial charge in [0.1, 0.15) is 11.8 Å². The highest BCUT2D eigenvalue weighted by molar-refractivity contribution is 5.65. The predicted molar refractivity (Wildman–Crippen MR) is 89.2 cm³/mol. The highest BCUT2D eigenvalue weighted by Gasteiger charge is 2.34. The summed E-state index contributed by atoms with van der Waals surface area (Å²) < 4.78 is 40.2. The molecule has 3 aromatic rings. The van der Waals surface area contributed by atoms with Gasteiger partial charge >= 0.3 is 6.18 Å². The van der Waals surface area contributed by atoms with Gasteiger partial charge in [-0.05, 0) is 6.07 Å². The first kappa shape index (κ1) is 17.0. The van der Waals surface area contributed by atoms with Crippen LogP contribution >= 0.6 is 0 Å². The standard InChI is InChI=1S/C16H13F3N8/c17-16(18,19)12-10-27-4-3-21-13(14(27)24-12)25-5-7-26(8-6-25)15-22-2-1-11(9-20)23-15/h1-4,10H,5-8H2. The van der Waals surface area contributed by atoms with Gasteiger partial charge in [-0.1, -0.05) is 0 Å². The minimum Gasteiger partial charge on any atom is -0.350 e. The Balaban J connectivity index is 1.56. The number of nitrogens with zero attached hydrogens (tertiary/aromatic N) is 8. The van der Waals surface area contributed by atoms with Crippen molar-refractivity contribution in [3.8, 4) is 6.07 Å². The lowest BCUT2D eigenvalue weighted by molar-refractivity contribution is -0.140. The molecule has 0 atom stereocenters. The average Bonchev–Trinajstić information content (AvgIpc) is 3.13. The van der Waals surface area contributed by atoms with Gasteiger partial charge in [0.15, 0.2) is 17.2 Å². The van der Waals surface area contributed by atoms with Gasteiger partial charge in [0.25, 0.3) is 0 Å². The van der Waals surface area contributed by atoms with Crippen LogP contribution in [-0.2, 0) is 6.18 Å². The van der Waals surface area contributed by atoms with E-state index in [9.17, 15) is 13.2 Å². The number of hydrogen-bond acceptors (Lipinski definition) is 7. The summed E-state index contributed by atoms with van der Waals surface area (Å²) in [7, 11) is 0. The fourth-order valence-electron chi connectivity index (χ4n) is 2.95. The van der Waals surface area contributed by atoms with Gasteiger partial charge in [0.2, 0.25) is 5.95 Å². The molecule has 0 amide bonds. The molecular weight excluding hydrogens is 361 g/mol. The number of fused-ring (bicyclic) bond motifs is 1. The number of imidazole rings is 1. The van der Waals surface area contributed by atoms with Crippen molar-refractivity contribution in [2.45, 2.75) is 6.18 Å². The van der Waals surface area contributed by atoms with E-state index in [4.69, 9.17) is 5.26 Å². The molecule has 0 N–H and O–H groups in total. The number of alkyl halides is 3. The first-order valence-corrected chi connectivity index (χ1v) is 8.09. The van der Waals surface area contributed by atoms with Gasteiger partial charge < -0.3 is 14.2 Å². The summed E-state index contributed by atoms with van der Waals surface area (Å²) in [5, 5.41) is 8.95. The molecule has 11 heteroatoms.